The molecular formula is C19H22FN3O4S. The van der Waals surface area contributed by atoms with Gasteiger partial charge >= 0.3 is 6.09 Å². The molecule has 1 aromatic heterocycles. The lowest BCUT2D eigenvalue weighted by Crippen LogP contribution is -2.41. The van der Waals surface area contributed by atoms with Gasteiger partial charge in [0.25, 0.3) is 0 Å². The smallest absolute Gasteiger partial charge is 0.409 e. The third-order valence-corrected chi connectivity index (χ3v) is 5.33. The van der Waals surface area contributed by atoms with Gasteiger partial charge in [0.15, 0.2) is 16.7 Å². The van der Waals surface area contributed by atoms with E-state index in [9.17, 15) is 14.0 Å². The predicted octanol–water partition coefficient (Wildman–Crippen LogP) is 3.76. The van der Waals surface area contributed by atoms with E-state index >= 15 is 0 Å². The molecule has 0 spiro atoms. The van der Waals surface area contributed by atoms with E-state index in [2.05, 4.69) is 10.3 Å². The number of nitrogens with zero attached hydrogens (tertiary/aromatic N) is 2. The van der Waals surface area contributed by atoms with Gasteiger partial charge in [0.1, 0.15) is 0 Å². The highest BCUT2D eigenvalue weighted by Gasteiger charge is 2.28. The van der Waals surface area contributed by atoms with Gasteiger partial charge in [-0.05, 0) is 38.0 Å². The number of carbonyl (C=O) groups is 2. The molecule has 0 saturated carbocycles. The van der Waals surface area contributed by atoms with Crippen molar-refractivity contribution in [1.29, 1.82) is 0 Å². The molecule has 1 aromatic carbocycles. The average Bonchev–Trinajstić information content (AvgIpc) is 3.16. The largest absolute Gasteiger partial charge is 0.494 e. The third-order valence-electron chi connectivity index (χ3n) is 4.57. The van der Waals surface area contributed by atoms with E-state index in [0.29, 0.717) is 48.9 Å². The van der Waals surface area contributed by atoms with E-state index < -0.39 is 5.82 Å². The summed E-state index contributed by atoms with van der Waals surface area (Å²) in [5.41, 5.74) is 1.19. The van der Waals surface area contributed by atoms with Crippen molar-refractivity contribution in [2.75, 3.05) is 32.1 Å². The first kappa shape index (κ1) is 20.1. The van der Waals surface area contributed by atoms with E-state index in [1.807, 2.05) is 0 Å². The van der Waals surface area contributed by atoms with Crippen molar-refractivity contribution < 1.29 is 23.5 Å². The zero-order valence-corrected chi connectivity index (χ0v) is 16.6. The lowest BCUT2D eigenvalue weighted by molar-refractivity contribution is -0.121. The molecule has 0 aliphatic carbocycles. The highest BCUT2D eigenvalue weighted by molar-refractivity contribution is 7.14. The lowest BCUT2D eigenvalue weighted by Gasteiger charge is -2.30. The summed E-state index contributed by atoms with van der Waals surface area (Å²) in [6, 6.07) is 4.61. The molecule has 0 unspecified atom stereocenters. The number of anilines is 1. The van der Waals surface area contributed by atoms with Crippen LogP contribution in [0, 0.1) is 11.7 Å². The fourth-order valence-electron chi connectivity index (χ4n) is 3.04. The number of amides is 2. The highest BCUT2D eigenvalue weighted by Crippen LogP contribution is 2.29. The molecule has 2 amide bonds. The van der Waals surface area contributed by atoms with Gasteiger partial charge in [-0.15, -0.1) is 11.3 Å². The Morgan fingerprint density at radius 2 is 2.11 bits per heavy atom. The summed E-state index contributed by atoms with van der Waals surface area (Å²) in [4.78, 5) is 30.2. The molecule has 1 N–H and O–H groups in total. The van der Waals surface area contributed by atoms with Crippen LogP contribution in [0.1, 0.15) is 19.8 Å². The van der Waals surface area contributed by atoms with Crippen molar-refractivity contribution in [3.05, 3.63) is 29.4 Å². The summed E-state index contributed by atoms with van der Waals surface area (Å²) in [7, 11) is 1.41. The summed E-state index contributed by atoms with van der Waals surface area (Å²) in [6.07, 6.45) is 0.816. The molecule has 1 fully saturated rings. The quantitative estimate of drug-likeness (QED) is 0.816. The number of rotatable bonds is 5. The number of ether oxygens (including phenoxy) is 2. The molecule has 0 atom stereocenters. The van der Waals surface area contributed by atoms with Crippen molar-refractivity contribution in [3.63, 3.8) is 0 Å². The van der Waals surface area contributed by atoms with E-state index in [4.69, 9.17) is 9.47 Å². The first-order valence-corrected chi connectivity index (χ1v) is 9.91. The maximum atomic E-state index is 13.9. The number of thiazole rings is 1. The second-order valence-corrected chi connectivity index (χ2v) is 7.19. The maximum Gasteiger partial charge on any atom is 0.409 e. The van der Waals surface area contributed by atoms with E-state index in [0.717, 1.165) is 0 Å². The van der Waals surface area contributed by atoms with Crippen LogP contribution in [0.3, 0.4) is 0 Å². The number of carbonyl (C=O) groups excluding carboxylic acids is 2. The summed E-state index contributed by atoms with van der Waals surface area (Å²) in [5.74, 6) is -0.601. The van der Waals surface area contributed by atoms with Gasteiger partial charge in [0.05, 0.1) is 19.4 Å². The standard InChI is InChI=1S/C19H22FN3O4S/c1-3-27-19(25)23-8-6-12(7-9-23)17(24)22-18-21-15(11-28-18)13-4-5-16(26-2)14(20)10-13/h4-5,10-12H,3,6-9H2,1-2H3,(H,21,22,24). The van der Waals surface area contributed by atoms with Crippen LogP contribution in [0.4, 0.5) is 14.3 Å². The second kappa shape index (κ2) is 9.01. The highest BCUT2D eigenvalue weighted by atomic mass is 32.1. The van der Waals surface area contributed by atoms with Crippen LogP contribution in [0.2, 0.25) is 0 Å². The van der Waals surface area contributed by atoms with Crippen molar-refractivity contribution in [2.24, 2.45) is 5.92 Å². The van der Waals surface area contributed by atoms with Crippen LogP contribution >= 0.6 is 11.3 Å². The van der Waals surface area contributed by atoms with Gasteiger partial charge in [0.2, 0.25) is 5.91 Å². The summed E-state index contributed by atoms with van der Waals surface area (Å²) < 4.78 is 23.8. The van der Waals surface area contributed by atoms with Gasteiger partial charge in [-0.1, -0.05) is 0 Å². The molecule has 1 aliphatic rings. The molecule has 2 heterocycles. The molecule has 1 aliphatic heterocycles. The Balaban J connectivity index is 1.57. The SMILES string of the molecule is CCOC(=O)N1CCC(C(=O)Nc2nc(-c3ccc(OC)c(F)c3)cs2)CC1. The molecule has 7 nitrogen and oxygen atoms in total. The van der Waals surface area contributed by atoms with Crippen molar-refractivity contribution in [3.8, 4) is 17.0 Å². The van der Waals surface area contributed by atoms with Crippen LogP contribution in [0.5, 0.6) is 5.75 Å². The van der Waals surface area contributed by atoms with Crippen LogP contribution in [0.15, 0.2) is 23.6 Å². The van der Waals surface area contributed by atoms with Crippen LogP contribution in [-0.2, 0) is 9.53 Å². The number of methoxy groups -OCH3 is 1. The van der Waals surface area contributed by atoms with E-state index in [1.54, 1.807) is 29.3 Å². The minimum atomic E-state index is -0.466. The summed E-state index contributed by atoms with van der Waals surface area (Å²) in [6.45, 7) is 3.08. The zero-order chi connectivity index (χ0) is 20.1. The van der Waals surface area contributed by atoms with E-state index in [-0.39, 0.29) is 23.7 Å². The Morgan fingerprint density at radius 1 is 1.36 bits per heavy atom. The number of piperidine rings is 1. The molecule has 1 saturated heterocycles. The Morgan fingerprint density at radius 3 is 2.75 bits per heavy atom. The number of benzene rings is 1. The number of nitrogens with one attached hydrogen (secondary N) is 1. The van der Waals surface area contributed by atoms with Gasteiger partial charge in [-0.25, -0.2) is 14.2 Å². The van der Waals surface area contributed by atoms with Crippen LogP contribution < -0.4 is 10.1 Å². The first-order valence-electron chi connectivity index (χ1n) is 9.03. The normalized spacial score (nSPS) is 14.6. The lowest BCUT2D eigenvalue weighted by atomic mass is 9.96. The molecular weight excluding hydrogens is 385 g/mol. The fraction of sp³-hybridized carbons (Fsp3) is 0.421. The number of likely N-dealkylation sites (tertiary alicyclic amines) is 1. The minimum Gasteiger partial charge on any atom is -0.494 e. The van der Waals surface area contributed by atoms with Crippen molar-refractivity contribution >= 4 is 28.5 Å². The molecule has 0 bridgehead atoms. The Kier molecular flexibility index (Phi) is 6.45. The molecule has 28 heavy (non-hydrogen) atoms. The second-order valence-electron chi connectivity index (χ2n) is 6.34. The number of aromatic nitrogens is 1. The number of hydrogen-bond acceptors (Lipinski definition) is 6. The van der Waals surface area contributed by atoms with Crippen molar-refractivity contribution in [1.82, 2.24) is 9.88 Å². The van der Waals surface area contributed by atoms with Gasteiger partial charge in [-0.3, -0.25) is 4.79 Å². The minimum absolute atomic E-state index is 0.120. The first-order chi connectivity index (χ1) is 13.5. The van der Waals surface area contributed by atoms with E-state index in [1.165, 1.54) is 24.5 Å². The third kappa shape index (κ3) is 4.59. The monoisotopic (exact) mass is 407 g/mol. The zero-order valence-electron chi connectivity index (χ0n) is 15.7. The molecule has 9 heteroatoms. The number of hydrogen-bond donors (Lipinski definition) is 1. The topological polar surface area (TPSA) is 80.8 Å². The molecule has 2 aromatic rings. The summed E-state index contributed by atoms with van der Waals surface area (Å²) in [5, 5.41) is 5.05. The fourth-order valence-corrected chi connectivity index (χ4v) is 3.76. The Bertz CT molecular complexity index is 849. The Hall–Kier alpha value is -2.68. The van der Waals surface area contributed by atoms with Gasteiger partial charge in [0, 0.05) is 30.0 Å². The van der Waals surface area contributed by atoms with Gasteiger partial charge < -0.3 is 19.7 Å². The Labute approximate surface area is 166 Å². The van der Waals surface area contributed by atoms with Gasteiger partial charge in [-0.2, -0.15) is 0 Å². The van der Waals surface area contributed by atoms with Crippen molar-refractivity contribution in [2.45, 2.75) is 19.8 Å². The maximum absolute atomic E-state index is 13.9. The average molecular weight is 407 g/mol. The molecule has 150 valence electrons. The summed E-state index contributed by atoms with van der Waals surface area (Å²) >= 11 is 1.28. The van der Waals surface area contributed by atoms with Crippen LogP contribution in [0.25, 0.3) is 11.3 Å². The number of halogens is 1. The van der Waals surface area contributed by atoms with Crippen LogP contribution in [-0.4, -0.2) is 48.7 Å². The molecule has 3 rings (SSSR count). The molecule has 0 radical (unpaired) electrons. The predicted molar refractivity (Wildman–Crippen MR) is 104 cm³/mol.